The number of hydrogen-bond donors (Lipinski definition) is 1. The van der Waals surface area contributed by atoms with Crippen LogP contribution in [-0.2, 0) is 0 Å². The number of fused-ring (bicyclic) bond motifs is 1. The van der Waals surface area contributed by atoms with E-state index >= 15 is 0 Å². The van der Waals surface area contributed by atoms with Crippen LogP contribution in [0.5, 0.6) is 0 Å². The van der Waals surface area contributed by atoms with E-state index in [9.17, 15) is 4.79 Å². The zero-order chi connectivity index (χ0) is 10.1. The summed E-state index contributed by atoms with van der Waals surface area (Å²) in [5, 5.41) is 0.967. The lowest BCUT2D eigenvalue weighted by molar-refractivity contribution is 0.825. The Kier molecular flexibility index (Phi) is 2.08. The maximum atomic E-state index is 11.1. The van der Waals surface area contributed by atoms with Crippen LogP contribution in [0.15, 0.2) is 29.2 Å². The van der Waals surface area contributed by atoms with Gasteiger partial charge >= 0.3 is 0 Å². The zero-order valence-electron chi connectivity index (χ0n) is 8.24. The Bertz CT molecular complexity index is 514. The Morgan fingerprint density at radius 3 is 2.86 bits per heavy atom. The molecule has 0 unspecified atom stereocenters. The first-order valence-electron chi connectivity index (χ1n) is 4.66. The second-order valence-electron chi connectivity index (χ2n) is 3.67. The Morgan fingerprint density at radius 2 is 2.14 bits per heavy atom. The molecule has 2 rings (SSSR count). The molecule has 2 aromatic heterocycles. The standard InChI is InChI=1S/C11H12N2O/c1-7(2)9-5-10-8(6-12-9)3-4-11(14)13-10/h3-7H,1-2H3,(H,13,14). The van der Waals surface area contributed by atoms with Gasteiger partial charge in [-0.05, 0) is 18.1 Å². The molecule has 2 heterocycles. The highest BCUT2D eigenvalue weighted by molar-refractivity contribution is 5.77. The molecule has 3 heteroatoms. The van der Waals surface area contributed by atoms with E-state index in [1.165, 1.54) is 6.07 Å². The molecule has 1 N–H and O–H groups in total. The summed E-state index contributed by atoms with van der Waals surface area (Å²) >= 11 is 0. The fourth-order valence-corrected chi connectivity index (χ4v) is 1.38. The first-order valence-corrected chi connectivity index (χ1v) is 4.66. The molecule has 0 bridgehead atoms. The molecule has 0 atom stereocenters. The second-order valence-corrected chi connectivity index (χ2v) is 3.67. The zero-order valence-corrected chi connectivity index (χ0v) is 8.24. The van der Waals surface area contributed by atoms with Gasteiger partial charge in [-0.15, -0.1) is 0 Å². The van der Waals surface area contributed by atoms with E-state index < -0.39 is 0 Å². The van der Waals surface area contributed by atoms with E-state index in [1.807, 2.05) is 6.07 Å². The van der Waals surface area contributed by atoms with Gasteiger partial charge in [-0.25, -0.2) is 0 Å². The molecule has 0 aliphatic heterocycles. The molecule has 0 amide bonds. The predicted molar refractivity (Wildman–Crippen MR) is 56.5 cm³/mol. The molecule has 0 spiro atoms. The molecule has 0 aromatic carbocycles. The number of aromatic amines is 1. The smallest absolute Gasteiger partial charge is 0.248 e. The molecule has 14 heavy (non-hydrogen) atoms. The van der Waals surface area contributed by atoms with Crippen LogP contribution >= 0.6 is 0 Å². The van der Waals surface area contributed by atoms with E-state index in [1.54, 1.807) is 12.3 Å². The van der Waals surface area contributed by atoms with Crippen LogP contribution in [0.2, 0.25) is 0 Å². The highest BCUT2D eigenvalue weighted by Gasteiger charge is 2.02. The summed E-state index contributed by atoms with van der Waals surface area (Å²) < 4.78 is 0. The minimum Gasteiger partial charge on any atom is -0.322 e. The van der Waals surface area contributed by atoms with Crippen molar-refractivity contribution in [3.05, 3.63) is 40.4 Å². The van der Waals surface area contributed by atoms with Crippen molar-refractivity contribution in [2.75, 3.05) is 0 Å². The number of rotatable bonds is 1. The lowest BCUT2D eigenvalue weighted by atomic mass is 10.1. The number of nitrogens with one attached hydrogen (secondary N) is 1. The third-order valence-corrected chi connectivity index (χ3v) is 2.22. The SMILES string of the molecule is CC(C)c1cc2[nH]c(=O)ccc2cn1. The summed E-state index contributed by atoms with van der Waals surface area (Å²) in [7, 11) is 0. The Morgan fingerprint density at radius 1 is 1.36 bits per heavy atom. The topological polar surface area (TPSA) is 45.8 Å². The van der Waals surface area contributed by atoms with Crippen LogP contribution in [0.4, 0.5) is 0 Å². The summed E-state index contributed by atoms with van der Waals surface area (Å²) in [5.74, 6) is 0.378. The van der Waals surface area contributed by atoms with Crippen molar-refractivity contribution in [3.8, 4) is 0 Å². The summed E-state index contributed by atoms with van der Waals surface area (Å²) in [5.41, 5.74) is 1.79. The minimum atomic E-state index is -0.0709. The van der Waals surface area contributed by atoms with Crippen molar-refractivity contribution >= 4 is 10.9 Å². The van der Waals surface area contributed by atoms with E-state index in [0.717, 1.165) is 16.6 Å². The Labute approximate surface area is 81.8 Å². The van der Waals surface area contributed by atoms with Gasteiger partial charge in [0.05, 0.1) is 5.52 Å². The van der Waals surface area contributed by atoms with Crippen LogP contribution < -0.4 is 5.56 Å². The lowest BCUT2D eigenvalue weighted by Crippen LogP contribution is -2.03. The monoisotopic (exact) mass is 188 g/mol. The first-order chi connectivity index (χ1) is 6.66. The lowest BCUT2D eigenvalue weighted by Gasteiger charge is -2.04. The average Bonchev–Trinajstić information content (AvgIpc) is 2.16. The molecular weight excluding hydrogens is 176 g/mol. The molecule has 0 aliphatic carbocycles. The van der Waals surface area contributed by atoms with E-state index in [2.05, 4.69) is 23.8 Å². The van der Waals surface area contributed by atoms with E-state index in [0.29, 0.717) is 5.92 Å². The van der Waals surface area contributed by atoms with Gasteiger partial charge < -0.3 is 4.98 Å². The normalized spacial score (nSPS) is 11.1. The van der Waals surface area contributed by atoms with Crippen LogP contribution in [-0.4, -0.2) is 9.97 Å². The number of hydrogen-bond acceptors (Lipinski definition) is 2. The molecule has 3 nitrogen and oxygen atoms in total. The third kappa shape index (κ3) is 1.53. The summed E-state index contributed by atoms with van der Waals surface area (Å²) in [6, 6.07) is 5.23. The first kappa shape index (κ1) is 8.94. The van der Waals surface area contributed by atoms with E-state index in [4.69, 9.17) is 0 Å². The summed E-state index contributed by atoms with van der Waals surface area (Å²) in [6.07, 6.45) is 1.79. The van der Waals surface area contributed by atoms with Crippen LogP contribution in [0.1, 0.15) is 25.5 Å². The number of nitrogens with zero attached hydrogens (tertiary/aromatic N) is 1. The Hall–Kier alpha value is -1.64. The summed E-state index contributed by atoms with van der Waals surface area (Å²) in [6.45, 7) is 4.16. The molecule has 0 aliphatic rings. The van der Waals surface area contributed by atoms with Crippen molar-refractivity contribution < 1.29 is 0 Å². The fourth-order valence-electron chi connectivity index (χ4n) is 1.38. The van der Waals surface area contributed by atoms with Gasteiger partial charge in [0.25, 0.3) is 0 Å². The summed E-state index contributed by atoms with van der Waals surface area (Å²) in [4.78, 5) is 18.2. The quantitative estimate of drug-likeness (QED) is 0.744. The van der Waals surface area contributed by atoms with Gasteiger partial charge in [-0.3, -0.25) is 9.78 Å². The third-order valence-electron chi connectivity index (χ3n) is 2.22. The van der Waals surface area contributed by atoms with Gasteiger partial charge in [-0.1, -0.05) is 13.8 Å². The van der Waals surface area contributed by atoms with Crippen molar-refractivity contribution in [2.24, 2.45) is 0 Å². The van der Waals surface area contributed by atoms with E-state index in [-0.39, 0.29) is 5.56 Å². The van der Waals surface area contributed by atoms with Gasteiger partial charge in [-0.2, -0.15) is 0 Å². The highest BCUT2D eigenvalue weighted by atomic mass is 16.1. The highest BCUT2D eigenvalue weighted by Crippen LogP contribution is 2.15. The van der Waals surface area contributed by atoms with Crippen molar-refractivity contribution in [1.82, 2.24) is 9.97 Å². The van der Waals surface area contributed by atoms with Gasteiger partial charge in [0.15, 0.2) is 0 Å². The van der Waals surface area contributed by atoms with Crippen LogP contribution in [0.25, 0.3) is 10.9 Å². The van der Waals surface area contributed by atoms with Gasteiger partial charge in [0, 0.05) is 23.3 Å². The van der Waals surface area contributed by atoms with Gasteiger partial charge in [0.1, 0.15) is 0 Å². The second kappa shape index (κ2) is 3.25. The van der Waals surface area contributed by atoms with Crippen LogP contribution in [0.3, 0.4) is 0 Å². The molecular formula is C11H12N2O. The van der Waals surface area contributed by atoms with Crippen molar-refractivity contribution in [2.45, 2.75) is 19.8 Å². The number of aromatic nitrogens is 2. The van der Waals surface area contributed by atoms with Crippen molar-refractivity contribution in [1.29, 1.82) is 0 Å². The molecule has 0 fully saturated rings. The maximum Gasteiger partial charge on any atom is 0.248 e. The predicted octanol–water partition coefficient (Wildman–Crippen LogP) is 2.05. The molecule has 0 saturated carbocycles. The minimum absolute atomic E-state index is 0.0709. The van der Waals surface area contributed by atoms with Gasteiger partial charge in [0.2, 0.25) is 5.56 Å². The average molecular weight is 188 g/mol. The fraction of sp³-hybridized carbons (Fsp3) is 0.273. The molecule has 2 aromatic rings. The molecule has 0 radical (unpaired) electrons. The number of H-pyrrole nitrogens is 1. The maximum absolute atomic E-state index is 11.1. The molecule has 0 saturated heterocycles. The Balaban J connectivity index is 2.69. The largest absolute Gasteiger partial charge is 0.322 e. The van der Waals surface area contributed by atoms with Crippen LogP contribution in [0, 0.1) is 0 Å². The van der Waals surface area contributed by atoms with Crippen molar-refractivity contribution in [3.63, 3.8) is 0 Å². The molecule has 72 valence electrons. The number of pyridine rings is 2.